The Morgan fingerprint density at radius 3 is 2.21 bits per heavy atom. The summed E-state index contributed by atoms with van der Waals surface area (Å²) in [7, 11) is 0. The number of hydrogen-bond donors (Lipinski definition) is 4. The molecule has 1 aromatic heterocycles. The quantitative estimate of drug-likeness (QED) is 0.492. The number of aromatic nitrogens is 1. The number of benzene rings is 2. The average molecular weight is 391 g/mol. The summed E-state index contributed by atoms with van der Waals surface area (Å²) in [5.41, 5.74) is 0.822. The lowest BCUT2D eigenvalue weighted by Gasteiger charge is -2.19. The van der Waals surface area contributed by atoms with E-state index in [1.54, 1.807) is 0 Å². The van der Waals surface area contributed by atoms with Gasteiger partial charge in [0.05, 0.1) is 0 Å². The van der Waals surface area contributed by atoms with Gasteiger partial charge in [0.1, 0.15) is 6.04 Å². The van der Waals surface area contributed by atoms with Gasteiger partial charge in [-0.1, -0.05) is 60.7 Å². The molecule has 0 spiro atoms. The van der Waals surface area contributed by atoms with Crippen molar-refractivity contribution in [3.8, 4) is 5.75 Å². The fraction of sp³-hybridized carbons (Fsp3) is 0.136. The third-order valence-electron chi connectivity index (χ3n) is 4.37. The van der Waals surface area contributed by atoms with Gasteiger partial charge < -0.3 is 20.7 Å². The molecule has 0 bridgehead atoms. The summed E-state index contributed by atoms with van der Waals surface area (Å²) in [4.78, 5) is 39.5. The Morgan fingerprint density at radius 1 is 0.931 bits per heavy atom. The molecule has 3 rings (SSSR count). The van der Waals surface area contributed by atoms with Crippen molar-refractivity contribution in [2.24, 2.45) is 0 Å². The highest BCUT2D eigenvalue weighted by molar-refractivity contribution is 5.98. The van der Waals surface area contributed by atoms with Crippen LogP contribution >= 0.6 is 0 Å². The Balaban J connectivity index is 1.76. The van der Waals surface area contributed by atoms with Crippen molar-refractivity contribution in [2.75, 3.05) is 0 Å². The topological polar surface area (TPSA) is 111 Å². The number of hydrogen-bond acceptors (Lipinski definition) is 4. The van der Waals surface area contributed by atoms with Gasteiger partial charge in [-0.25, -0.2) is 0 Å². The first-order chi connectivity index (χ1) is 14.0. The van der Waals surface area contributed by atoms with Gasteiger partial charge in [0.25, 0.3) is 5.91 Å². The zero-order valence-corrected chi connectivity index (χ0v) is 15.6. The van der Waals surface area contributed by atoms with Gasteiger partial charge in [0.15, 0.2) is 11.4 Å². The predicted octanol–water partition coefficient (Wildman–Crippen LogP) is 1.74. The Morgan fingerprint density at radius 2 is 1.55 bits per heavy atom. The second kappa shape index (κ2) is 9.36. The molecular weight excluding hydrogens is 370 g/mol. The number of nitrogens with one attached hydrogen (secondary N) is 3. The van der Waals surface area contributed by atoms with Crippen molar-refractivity contribution in [3.05, 3.63) is 100.0 Å². The van der Waals surface area contributed by atoms with E-state index in [4.69, 9.17) is 0 Å². The molecular formula is C22H21N3O4. The van der Waals surface area contributed by atoms with Crippen LogP contribution in [0.5, 0.6) is 5.75 Å². The van der Waals surface area contributed by atoms with E-state index in [-0.39, 0.29) is 18.0 Å². The first-order valence-electron chi connectivity index (χ1n) is 9.11. The Hall–Kier alpha value is -3.87. The lowest BCUT2D eigenvalue weighted by molar-refractivity contribution is -0.123. The summed E-state index contributed by atoms with van der Waals surface area (Å²) in [6.07, 6.45) is 1.52. The minimum Gasteiger partial charge on any atom is -0.503 e. The summed E-state index contributed by atoms with van der Waals surface area (Å²) >= 11 is 0. The summed E-state index contributed by atoms with van der Waals surface area (Å²) in [5, 5.41) is 15.3. The van der Waals surface area contributed by atoms with E-state index in [2.05, 4.69) is 15.6 Å². The maximum Gasteiger partial charge on any atom is 0.272 e. The zero-order chi connectivity index (χ0) is 20.6. The summed E-state index contributed by atoms with van der Waals surface area (Å²) in [6, 6.07) is 18.9. The van der Waals surface area contributed by atoms with Crippen LogP contribution in [0.15, 0.2) is 77.7 Å². The Labute approximate surface area is 167 Å². The molecule has 0 aliphatic rings. The van der Waals surface area contributed by atoms with Crippen LogP contribution in [0.1, 0.15) is 21.6 Å². The largest absolute Gasteiger partial charge is 0.503 e. The number of pyridine rings is 1. The molecule has 2 amide bonds. The van der Waals surface area contributed by atoms with Crippen molar-refractivity contribution in [1.29, 1.82) is 0 Å². The molecule has 0 fully saturated rings. The maximum atomic E-state index is 12.8. The highest BCUT2D eigenvalue weighted by Crippen LogP contribution is 2.09. The van der Waals surface area contributed by atoms with Crippen LogP contribution in [-0.4, -0.2) is 27.9 Å². The molecule has 2 aromatic carbocycles. The Kier molecular flexibility index (Phi) is 6.42. The second-order valence-electron chi connectivity index (χ2n) is 6.48. The molecule has 148 valence electrons. The maximum absolute atomic E-state index is 12.8. The first kappa shape index (κ1) is 19.9. The fourth-order valence-corrected chi connectivity index (χ4v) is 2.84. The van der Waals surface area contributed by atoms with Crippen LogP contribution in [0, 0.1) is 0 Å². The van der Waals surface area contributed by atoms with Crippen LogP contribution in [0.25, 0.3) is 0 Å². The van der Waals surface area contributed by atoms with E-state index in [0.717, 1.165) is 17.2 Å². The molecule has 7 heteroatoms. The smallest absolute Gasteiger partial charge is 0.272 e. The normalized spacial score (nSPS) is 11.4. The number of aromatic hydroxyl groups is 1. The van der Waals surface area contributed by atoms with Gasteiger partial charge in [0.2, 0.25) is 11.3 Å². The number of carbonyl (C=O) groups is 2. The molecule has 0 saturated heterocycles. The van der Waals surface area contributed by atoms with Crippen molar-refractivity contribution < 1.29 is 14.7 Å². The predicted molar refractivity (Wildman–Crippen MR) is 108 cm³/mol. The number of amides is 2. The Bertz CT molecular complexity index is 1030. The summed E-state index contributed by atoms with van der Waals surface area (Å²) < 4.78 is 0. The van der Waals surface area contributed by atoms with Crippen molar-refractivity contribution >= 4 is 11.8 Å². The molecule has 29 heavy (non-hydrogen) atoms. The average Bonchev–Trinajstić information content (AvgIpc) is 2.75. The monoisotopic (exact) mass is 391 g/mol. The van der Waals surface area contributed by atoms with E-state index in [1.807, 2.05) is 60.7 Å². The van der Waals surface area contributed by atoms with Gasteiger partial charge in [-0.15, -0.1) is 0 Å². The zero-order valence-electron chi connectivity index (χ0n) is 15.6. The van der Waals surface area contributed by atoms with Gasteiger partial charge in [-0.05, 0) is 11.1 Å². The van der Waals surface area contributed by atoms with Gasteiger partial charge in [0, 0.05) is 25.2 Å². The SMILES string of the molecule is O=C(N[C@@H](Cc1ccccc1)C(=O)NCc1ccccc1)c1[nH]ccc(=O)c1O. The van der Waals surface area contributed by atoms with E-state index >= 15 is 0 Å². The van der Waals surface area contributed by atoms with Gasteiger partial charge in [-0.3, -0.25) is 14.4 Å². The van der Waals surface area contributed by atoms with E-state index in [9.17, 15) is 19.5 Å². The molecule has 0 radical (unpaired) electrons. The third kappa shape index (κ3) is 5.32. The van der Waals surface area contributed by atoms with Crippen LogP contribution in [0.3, 0.4) is 0 Å². The first-order valence-corrected chi connectivity index (χ1v) is 9.11. The summed E-state index contributed by atoms with van der Waals surface area (Å²) in [5.74, 6) is -1.80. The van der Waals surface area contributed by atoms with E-state index in [0.29, 0.717) is 6.54 Å². The molecule has 0 saturated carbocycles. The molecule has 7 nitrogen and oxygen atoms in total. The molecule has 0 unspecified atom stereocenters. The van der Waals surface area contributed by atoms with Crippen molar-refractivity contribution in [2.45, 2.75) is 19.0 Å². The highest BCUT2D eigenvalue weighted by Gasteiger charge is 2.24. The minimum atomic E-state index is -0.892. The van der Waals surface area contributed by atoms with E-state index < -0.39 is 23.1 Å². The van der Waals surface area contributed by atoms with Crippen molar-refractivity contribution in [3.63, 3.8) is 0 Å². The van der Waals surface area contributed by atoms with Crippen LogP contribution in [0.4, 0.5) is 0 Å². The van der Waals surface area contributed by atoms with Gasteiger partial charge in [-0.2, -0.15) is 0 Å². The lowest BCUT2D eigenvalue weighted by atomic mass is 10.0. The van der Waals surface area contributed by atoms with Crippen LogP contribution in [0.2, 0.25) is 0 Å². The fourth-order valence-electron chi connectivity index (χ4n) is 2.84. The number of rotatable bonds is 7. The molecule has 1 heterocycles. The summed E-state index contributed by atoms with van der Waals surface area (Å²) in [6.45, 7) is 0.314. The van der Waals surface area contributed by atoms with Crippen LogP contribution < -0.4 is 16.1 Å². The standard InChI is InChI=1S/C22H21N3O4/c26-18-11-12-23-19(20(18)27)22(29)25-17(13-15-7-3-1-4-8-15)21(28)24-14-16-9-5-2-6-10-16/h1-12,17,27H,13-14H2,(H,23,26)(H,24,28)(H,25,29)/t17-/m0/s1. The molecule has 4 N–H and O–H groups in total. The minimum absolute atomic E-state index is 0.255. The number of aromatic amines is 1. The van der Waals surface area contributed by atoms with E-state index in [1.165, 1.54) is 6.20 Å². The molecule has 1 atom stereocenters. The number of carbonyl (C=O) groups excluding carboxylic acids is 2. The highest BCUT2D eigenvalue weighted by atomic mass is 16.3. The third-order valence-corrected chi connectivity index (χ3v) is 4.37. The molecule has 0 aliphatic heterocycles. The molecule has 3 aromatic rings. The number of H-pyrrole nitrogens is 1. The van der Waals surface area contributed by atoms with Crippen molar-refractivity contribution in [1.82, 2.24) is 15.6 Å². The van der Waals surface area contributed by atoms with Gasteiger partial charge >= 0.3 is 0 Å². The molecule has 0 aliphatic carbocycles. The second-order valence-corrected chi connectivity index (χ2v) is 6.48. The lowest BCUT2D eigenvalue weighted by Crippen LogP contribution is -2.48. The van der Waals surface area contributed by atoms with Crippen LogP contribution in [-0.2, 0) is 17.8 Å².